The van der Waals surface area contributed by atoms with E-state index in [9.17, 15) is 13.2 Å². The molecule has 0 saturated heterocycles. The van der Waals surface area contributed by atoms with Gasteiger partial charge in [-0.15, -0.1) is 0 Å². The van der Waals surface area contributed by atoms with Crippen molar-refractivity contribution < 1.29 is 17.9 Å². The van der Waals surface area contributed by atoms with E-state index in [2.05, 4.69) is 0 Å². The van der Waals surface area contributed by atoms with Crippen LogP contribution < -0.4 is 10.6 Å². The van der Waals surface area contributed by atoms with Crippen LogP contribution in [0.15, 0.2) is 18.2 Å². The maximum Gasteiger partial charge on any atom is 0.416 e. The van der Waals surface area contributed by atoms with Gasteiger partial charge in [0.2, 0.25) is 0 Å². The quantitative estimate of drug-likeness (QED) is 0.866. The molecule has 0 unspecified atom stereocenters. The van der Waals surface area contributed by atoms with Crippen LogP contribution >= 0.6 is 0 Å². The molecule has 1 aromatic rings. The second-order valence-corrected chi connectivity index (χ2v) is 4.29. The van der Waals surface area contributed by atoms with Crippen molar-refractivity contribution in [1.82, 2.24) is 0 Å². The van der Waals surface area contributed by atoms with Crippen molar-refractivity contribution in [1.29, 1.82) is 0 Å². The zero-order valence-electron chi connectivity index (χ0n) is 11.1. The summed E-state index contributed by atoms with van der Waals surface area (Å²) < 4.78 is 43.9. The van der Waals surface area contributed by atoms with E-state index < -0.39 is 11.7 Å². The first-order valence-electron chi connectivity index (χ1n) is 6.00. The molecule has 0 aromatic heterocycles. The highest BCUT2D eigenvalue weighted by Crippen LogP contribution is 2.34. The van der Waals surface area contributed by atoms with Gasteiger partial charge in [0, 0.05) is 26.4 Å². The van der Waals surface area contributed by atoms with Crippen LogP contribution in [0, 0.1) is 0 Å². The first-order valence-corrected chi connectivity index (χ1v) is 6.00. The van der Waals surface area contributed by atoms with Gasteiger partial charge in [-0.3, -0.25) is 0 Å². The maximum absolute atomic E-state index is 13.0. The molecule has 0 heterocycles. The van der Waals surface area contributed by atoms with Crippen LogP contribution in [0.5, 0.6) is 0 Å². The number of nitrogens with two attached hydrogens (primary N) is 1. The lowest BCUT2D eigenvalue weighted by molar-refractivity contribution is -0.138. The molecule has 0 aliphatic rings. The lowest BCUT2D eigenvalue weighted by atomic mass is 10.0. The lowest BCUT2D eigenvalue weighted by Crippen LogP contribution is -2.23. The Labute approximate surface area is 111 Å². The zero-order chi connectivity index (χ0) is 14.5. The number of rotatable bonds is 6. The molecule has 0 radical (unpaired) electrons. The van der Waals surface area contributed by atoms with Crippen LogP contribution in [0.2, 0.25) is 0 Å². The summed E-state index contributed by atoms with van der Waals surface area (Å²) in [4.78, 5) is 1.73. The molecule has 1 rings (SSSR count). The Morgan fingerprint density at radius 3 is 2.53 bits per heavy atom. The van der Waals surface area contributed by atoms with Gasteiger partial charge in [-0.2, -0.15) is 13.2 Å². The van der Waals surface area contributed by atoms with Crippen molar-refractivity contribution in [2.75, 3.05) is 38.8 Å². The zero-order valence-corrected chi connectivity index (χ0v) is 11.1. The fourth-order valence-electron chi connectivity index (χ4n) is 1.80. The normalized spacial score (nSPS) is 11.7. The molecular formula is C13H19F3N2O. The Bertz CT molecular complexity index is 407. The molecule has 0 saturated carbocycles. The second kappa shape index (κ2) is 6.77. The van der Waals surface area contributed by atoms with Gasteiger partial charge in [0.15, 0.2) is 0 Å². The van der Waals surface area contributed by atoms with Crippen LogP contribution in [0.25, 0.3) is 0 Å². The molecule has 0 spiro atoms. The third-order valence-corrected chi connectivity index (χ3v) is 2.88. The monoisotopic (exact) mass is 276 g/mol. The molecule has 19 heavy (non-hydrogen) atoms. The van der Waals surface area contributed by atoms with Crippen LogP contribution in [0.1, 0.15) is 11.1 Å². The molecule has 6 heteroatoms. The number of likely N-dealkylation sites (N-methyl/N-ethyl adjacent to an activating group) is 1. The highest BCUT2D eigenvalue weighted by Gasteiger charge is 2.33. The summed E-state index contributed by atoms with van der Waals surface area (Å²) in [5.74, 6) is 0. The molecule has 0 bridgehead atoms. The summed E-state index contributed by atoms with van der Waals surface area (Å²) in [7, 11) is 3.29. The van der Waals surface area contributed by atoms with Gasteiger partial charge in [-0.25, -0.2) is 0 Å². The number of alkyl halides is 3. The highest BCUT2D eigenvalue weighted by atomic mass is 19.4. The van der Waals surface area contributed by atoms with Gasteiger partial charge in [-0.05, 0) is 30.7 Å². The Balaban J connectivity index is 3.04. The lowest BCUT2D eigenvalue weighted by Gasteiger charge is -2.21. The average Bonchev–Trinajstić information content (AvgIpc) is 2.35. The van der Waals surface area contributed by atoms with Gasteiger partial charge >= 0.3 is 6.18 Å². The minimum Gasteiger partial charge on any atom is -0.383 e. The molecular weight excluding hydrogens is 257 g/mol. The average molecular weight is 276 g/mol. The third-order valence-electron chi connectivity index (χ3n) is 2.88. The first kappa shape index (κ1) is 15.8. The van der Waals surface area contributed by atoms with Gasteiger partial charge in [0.1, 0.15) is 0 Å². The predicted octanol–water partition coefficient (Wildman–Crippen LogP) is 2.29. The molecule has 2 N–H and O–H groups in total. The minimum absolute atomic E-state index is 0.196. The van der Waals surface area contributed by atoms with Crippen molar-refractivity contribution >= 4 is 5.69 Å². The van der Waals surface area contributed by atoms with Crippen molar-refractivity contribution in [3.63, 3.8) is 0 Å². The topological polar surface area (TPSA) is 38.5 Å². The summed E-state index contributed by atoms with van der Waals surface area (Å²) in [6.07, 6.45) is -4.14. The minimum atomic E-state index is -4.36. The maximum atomic E-state index is 13.0. The van der Waals surface area contributed by atoms with Gasteiger partial charge < -0.3 is 15.4 Å². The third kappa shape index (κ3) is 4.40. The number of halogens is 3. The summed E-state index contributed by atoms with van der Waals surface area (Å²) in [6.45, 7) is 1.19. The molecule has 108 valence electrons. The predicted molar refractivity (Wildman–Crippen MR) is 69.3 cm³/mol. The van der Waals surface area contributed by atoms with E-state index in [-0.39, 0.29) is 18.5 Å². The Morgan fingerprint density at radius 1 is 1.32 bits per heavy atom. The Kier molecular flexibility index (Phi) is 5.62. The van der Waals surface area contributed by atoms with Crippen molar-refractivity contribution in [2.24, 2.45) is 5.73 Å². The van der Waals surface area contributed by atoms with E-state index in [1.54, 1.807) is 25.1 Å². The van der Waals surface area contributed by atoms with Gasteiger partial charge in [0.25, 0.3) is 0 Å². The Morgan fingerprint density at radius 2 is 2.00 bits per heavy atom. The van der Waals surface area contributed by atoms with Crippen molar-refractivity contribution in [3.05, 3.63) is 29.3 Å². The first-order chi connectivity index (χ1) is 8.90. The summed E-state index contributed by atoms with van der Waals surface area (Å²) in [5.41, 5.74) is 5.48. The molecule has 0 fully saturated rings. The number of anilines is 1. The molecule has 0 aliphatic carbocycles. The van der Waals surface area contributed by atoms with Crippen molar-refractivity contribution in [2.45, 2.75) is 12.6 Å². The molecule has 3 nitrogen and oxygen atoms in total. The Hall–Kier alpha value is -1.27. The van der Waals surface area contributed by atoms with Crippen LogP contribution in [-0.4, -0.2) is 33.9 Å². The van der Waals surface area contributed by atoms with E-state index in [1.165, 1.54) is 12.1 Å². The number of hydrogen-bond acceptors (Lipinski definition) is 3. The second-order valence-electron chi connectivity index (χ2n) is 4.29. The number of benzene rings is 1. The molecule has 0 atom stereocenters. The summed E-state index contributed by atoms with van der Waals surface area (Å²) in [5, 5.41) is 0. The van der Waals surface area contributed by atoms with E-state index in [1.807, 2.05) is 0 Å². The number of methoxy groups -OCH3 is 1. The SMILES string of the molecule is COCCN(C)c1ccc(CCN)c(C(F)(F)F)c1. The summed E-state index contributed by atoms with van der Waals surface area (Å²) >= 11 is 0. The smallest absolute Gasteiger partial charge is 0.383 e. The summed E-state index contributed by atoms with van der Waals surface area (Å²) in [6, 6.07) is 4.34. The van der Waals surface area contributed by atoms with Gasteiger partial charge in [0.05, 0.1) is 12.2 Å². The van der Waals surface area contributed by atoms with E-state index in [4.69, 9.17) is 10.5 Å². The fourth-order valence-corrected chi connectivity index (χ4v) is 1.80. The number of ether oxygens (including phenoxy) is 1. The van der Waals surface area contributed by atoms with Crippen LogP contribution in [-0.2, 0) is 17.3 Å². The van der Waals surface area contributed by atoms with E-state index in [0.29, 0.717) is 18.8 Å². The van der Waals surface area contributed by atoms with Crippen molar-refractivity contribution in [3.8, 4) is 0 Å². The molecule has 1 aromatic carbocycles. The van der Waals surface area contributed by atoms with Crippen LogP contribution in [0.4, 0.5) is 18.9 Å². The molecule has 0 aliphatic heterocycles. The van der Waals surface area contributed by atoms with Gasteiger partial charge in [-0.1, -0.05) is 6.07 Å². The fraction of sp³-hybridized carbons (Fsp3) is 0.538. The highest BCUT2D eigenvalue weighted by molar-refractivity contribution is 5.51. The van der Waals surface area contributed by atoms with E-state index in [0.717, 1.165) is 0 Å². The largest absolute Gasteiger partial charge is 0.416 e. The standard InChI is InChI=1S/C13H19F3N2O/c1-18(7-8-19-2)11-4-3-10(5-6-17)12(9-11)13(14,15)16/h3-4,9H,5-8,17H2,1-2H3. The molecule has 0 amide bonds. The number of nitrogens with zero attached hydrogens (tertiary/aromatic N) is 1. The number of hydrogen-bond donors (Lipinski definition) is 1. The van der Waals surface area contributed by atoms with Crippen LogP contribution in [0.3, 0.4) is 0 Å². The van der Waals surface area contributed by atoms with E-state index >= 15 is 0 Å².